The summed E-state index contributed by atoms with van der Waals surface area (Å²) in [6.07, 6.45) is 0. The first-order valence-corrected chi connectivity index (χ1v) is 8.04. The highest BCUT2D eigenvalue weighted by atomic mass is 16.6. The number of hydrogen-bond acceptors (Lipinski definition) is 6. The fourth-order valence-electron chi connectivity index (χ4n) is 2.24. The number of benzene rings is 2. The minimum atomic E-state index is -0.110. The second-order valence-corrected chi connectivity index (χ2v) is 5.58. The molecule has 1 heterocycles. The number of aromatic nitrogens is 2. The summed E-state index contributed by atoms with van der Waals surface area (Å²) in [5.41, 5.74) is 3.16. The van der Waals surface area contributed by atoms with Gasteiger partial charge >= 0.3 is 0 Å². The zero-order valence-corrected chi connectivity index (χ0v) is 14.5. The van der Waals surface area contributed by atoms with Crippen LogP contribution in [0.2, 0.25) is 0 Å². The molecule has 0 spiro atoms. The van der Waals surface area contributed by atoms with Crippen LogP contribution in [-0.4, -0.2) is 21.8 Å². The van der Waals surface area contributed by atoms with Gasteiger partial charge in [0.25, 0.3) is 5.89 Å². The molecule has 0 aliphatic heterocycles. The van der Waals surface area contributed by atoms with Crippen LogP contribution in [0.25, 0.3) is 11.5 Å². The van der Waals surface area contributed by atoms with Crippen molar-refractivity contribution in [3.63, 3.8) is 0 Å². The number of hydrogen-bond donors (Lipinski definition) is 1. The maximum absolute atomic E-state index is 11.0. The van der Waals surface area contributed by atoms with Crippen LogP contribution in [0.15, 0.2) is 64.2 Å². The predicted octanol–water partition coefficient (Wildman–Crippen LogP) is 3.64. The lowest BCUT2D eigenvalue weighted by Crippen LogP contribution is -2.06. The molecule has 1 aromatic heterocycles. The van der Waals surface area contributed by atoms with Crippen molar-refractivity contribution in [2.45, 2.75) is 20.5 Å². The first-order valence-electron chi connectivity index (χ1n) is 8.04. The number of nitrogens with zero attached hydrogens (tertiary/aromatic N) is 3. The molecule has 0 unspecified atom stereocenters. The molecule has 0 fully saturated rings. The summed E-state index contributed by atoms with van der Waals surface area (Å²) in [5.74, 6) is 0.681. The maximum atomic E-state index is 11.0. The second-order valence-electron chi connectivity index (χ2n) is 5.58. The fraction of sp³-hybridized carbons (Fsp3) is 0.158. The number of carbonyl (C=O) groups excluding carboxylic acids is 1. The molecule has 0 radical (unpaired) electrons. The molecule has 1 N–H and O–H groups in total. The molecule has 0 aliphatic carbocycles. The Hall–Kier alpha value is -3.48. The van der Waals surface area contributed by atoms with E-state index in [1.165, 1.54) is 6.92 Å². The average molecular weight is 350 g/mol. The fourth-order valence-corrected chi connectivity index (χ4v) is 2.24. The minimum absolute atomic E-state index is 0.0845. The summed E-state index contributed by atoms with van der Waals surface area (Å²) in [6, 6.07) is 16.8. The van der Waals surface area contributed by atoms with Crippen LogP contribution in [0.3, 0.4) is 0 Å². The Kier molecular flexibility index (Phi) is 5.38. The first kappa shape index (κ1) is 17.3. The lowest BCUT2D eigenvalue weighted by atomic mass is 10.1. The monoisotopic (exact) mass is 350 g/mol. The number of anilines is 1. The van der Waals surface area contributed by atoms with E-state index in [0.29, 0.717) is 17.5 Å². The summed E-state index contributed by atoms with van der Waals surface area (Å²) in [4.78, 5) is 16.3. The third-order valence-corrected chi connectivity index (χ3v) is 3.50. The number of nitrogens with one attached hydrogen (secondary N) is 1. The molecule has 2 aromatic carbocycles. The van der Waals surface area contributed by atoms with Gasteiger partial charge in [-0.15, -0.1) is 10.2 Å². The lowest BCUT2D eigenvalue weighted by molar-refractivity contribution is -0.114. The van der Waals surface area contributed by atoms with Gasteiger partial charge in [-0.25, -0.2) is 0 Å². The van der Waals surface area contributed by atoms with Crippen molar-refractivity contribution in [3.05, 3.63) is 66.1 Å². The number of carbonyl (C=O) groups is 1. The third-order valence-electron chi connectivity index (χ3n) is 3.50. The molecule has 3 aromatic rings. The van der Waals surface area contributed by atoms with E-state index >= 15 is 0 Å². The molecule has 3 rings (SSSR count). The van der Waals surface area contributed by atoms with E-state index in [1.807, 2.05) is 49.4 Å². The van der Waals surface area contributed by atoms with Gasteiger partial charge in [-0.2, -0.15) is 0 Å². The van der Waals surface area contributed by atoms with E-state index in [9.17, 15) is 4.79 Å². The van der Waals surface area contributed by atoms with E-state index in [1.54, 1.807) is 12.1 Å². The zero-order valence-electron chi connectivity index (χ0n) is 14.5. The first-order chi connectivity index (χ1) is 12.6. The van der Waals surface area contributed by atoms with Crippen molar-refractivity contribution >= 4 is 17.3 Å². The summed E-state index contributed by atoms with van der Waals surface area (Å²) in [5, 5.41) is 14.7. The van der Waals surface area contributed by atoms with Crippen molar-refractivity contribution < 1.29 is 14.0 Å². The van der Waals surface area contributed by atoms with Gasteiger partial charge in [0.05, 0.1) is 5.71 Å². The third kappa shape index (κ3) is 4.54. The van der Waals surface area contributed by atoms with Crippen LogP contribution in [0, 0.1) is 0 Å². The van der Waals surface area contributed by atoms with Crippen LogP contribution in [0.4, 0.5) is 5.69 Å². The van der Waals surface area contributed by atoms with E-state index < -0.39 is 0 Å². The van der Waals surface area contributed by atoms with E-state index in [4.69, 9.17) is 9.25 Å². The summed E-state index contributed by atoms with van der Waals surface area (Å²) in [7, 11) is 0. The Morgan fingerprint density at radius 2 is 1.81 bits per heavy atom. The Morgan fingerprint density at radius 3 is 2.50 bits per heavy atom. The van der Waals surface area contributed by atoms with Crippen molar-refractivity contribution in [2.24, 2.45) is 5.16 Å². The summed E-state index contributed by atoms with van der Waals surface area (Å²) < 4.78 is 5.55. The molecule has 0 bridgehead atoms. The Balaban J connectivity index is 1.58. The van der Waals surface area contributed by atoms with Gasteiger partial charge < -0.3 is 14.6 Å². The van der Waals surface area contributed by atoms with Gasteiger partial charge in [-0.1, -0.05) is 35.5 Å². The molecule has 7 heteroatoms. The van der Waals surface area contributed by atoms with Crippen molar-refractivity contribution in [2.75, 3.05) is 5.32 Å². The van der Waals surface area contributed by atoms with Crippen molar-refractivity contribution in [3.8, 4) is 11.5 Å². The van der Waals surface area contributed by atoms with E-state index in [-0.39, 0.29) is 12.5 Å². The van der Waals surface area contributed by atoms with Crippen LogP contribution < -0.4 is 5.32 Å². The lowest BCUT2D eigenvalue weighted by Gasteiger charge is -2.04. The maximum Gasteiger partial charge on any atom is 0.257 e. The van der Waals surface area contributed by atoms with Crippen LogP contribution in [-0.2, 0) is 16.2 Å². The van der Waals surface area contributed by atoms with Gasteiger partial charge in [0.1, 0.15) is 0 Å². The second kappa shape index (κ2) is 8.06. The highest BCUT2D eigenvalue weighted by molar-refractivity contribution is 5.99. The molecular weight excluding hydrogens is 332 g/mol. The van der Waals surface area contributed by atoms with E-state index in [0.717, 1.165) is 16.8 Å². The highest BCUT2D eigenvalue weighted by Crippen LogP contribution is 2.17. The smallest absolute Gasteiger partial charge is 0.257 e. The molecule has 0 saturated carbocycles. The van der Waals surface area contributed by atoms with E-state index in [2.05, 4.69) is 20.7 Å². The molecule has 0 aliphatic rings. The Labute approximate surface area is 150 Å². The van der Waals surface area contributed by atoms with Gasteiger partial charge in [0, 0.05) is 18.2 Å². The zero-order chi connectivity index (χ0) is 18.4. The molecule has 132 valence electrons. The molecular formula is C19H18N4O3. The minimum Gasteiger partial charge on any atom is -0.417 e. The molecule has 26 heavy (non-hydrogen) atoms. The van der Waals surface area contributed by atoms with Gasteiger partial charge in [0.2, 0.25) is 11.8 Å². The summed E-state index contributed by atoms with van der Waals surface area (Å²) >= 11 is 0. The predicted molar refractivity (Wildman–Crippen MR) is 97.5 cm³/mol. The Bertz CT molecular complexity index is 902. The number of oxime groups is 1. The molecule has 7 nitrogen and oxygen atoms in total. The van der Waals surface area contributed by atoms with Crippen LogP contribution in [0.5, 0.6) is 0 Å². The molecule has 0 saturated heterocycles. The largest absolute Gasteiger partial charge is 0.417 e. The van der Waals surface area contributed by atoms with Crippen LogP contribution >= 0.6 is 0 Å². The van der Waals surface area contributed by atoms with Gasteiger partial charge in [-0.05, 0) is 36.8 Å². The molecule has 0 atom stereocenters. The van der Waals surface area contributed by atoms with Crippen LogP contribution in [0.1, 0.15) is 25.3 Å². The number of amides is 1. The van der Waals surface area contributed by atoms with Gasteiger partial charge in [-0.3, -0.25) is 4.79 Å². The molecule has 1 amide bonds. The van der Waals surface area contributed by atoms with Gasteiger partial charge in [0.15, 0.2) is 6.61 Å². The Morgan fingerprint density at radius 1 is 1.08 bits per heavy atom. The standard InChI is InChI=1S/C19H18N4O3/c1-13(15-8-10-17(11-9-15)20-14(2)24)23-25-12-18-21-22-19(26-18)16-6-4-3-5-7-16/h3-11H,12H2,1-2H3,(H,20,24). The SMILES string of the molecule is CC(=O)Nc1ccc(C(C)=NOCc2nnc(-c3ccccc3)o2)cc1. The number of rotatable bonds is 6. The topological polar surface area (TPSA) is 89.6 Å². The quantitative estimate of drug-likeness (QED) is 0.541. The normalized spacial score (nSPS) is 11.2. The van der Waals surface area contributed by atoms with Crippen molar-refractivity contribution in [1.29, 1.82) is 0 Å². The summed E-state index contributed by atoms with van der Waals surface area (Å²) in [6.45, 7) is 3.38. The van der Waals surface area contributed by atoms with Crippen molar-refractivity contribution in [1.82, 2.24) is 10.2 Å². The highest BCUT2D eigenvalue weighted by Gasteiger charge is 2.08. The average Bonchev–Trinajstić information content (AvgIpc) is 3.11.